The maximum Gasteiger partial charge on any atom is 0.220 e. The van der Waals surface area contributed by atoms with E-state index < -0.39 is 0 Å². The van der Waals surface area contributed by atoms with Gasteiger partial charge in [-0.1, -0.05) is 19.3 Å². The molecule has 7 heteroatoms. The molecule has 0 heterocycles. The molecule has 6 nitrogen and oxygen atoms in total. The van der Waals surface area contributed by atoms with Crippen LogP contribution in [0.15, 0.2) is 4.99 Å². The third kappa shape index (κ3) is 11.2. The van der Waals surface area contributed by atoms with Crippen molar-refractivity contribution in [2.45, 2.75) is 57.8 Å². The number of hydrogen-bond acceptors (Lipinski definition) is 3. The van der Waals surface area contributed by atoms with Gasteiger partial charge in [0.05, 0.1) is 0 Å². The van der Waals surface area contributed by atoms with Crippen molar-refractivity contribution >= 4 is 35.8 Å². The summed E-state index contributed by atoms with van der Waals surface area (Å²) in [6.45, 7) is 3.90. The van der Waals surface area contributed by atoms with Crippen LogP contribution in [0.25, 0.3) is 0 Å². The second kappa shape index (κ2) is 14.5. The highest BCUT2D eigenvalue weighted by Crippen LogP contribution is 2.28. The second-order valence-electron chi connectivity index (χ2n) is 7.36. The third-order valence-corrected chi connectivity index (χ3v) is 4.97. The predicted octanol–water partition coefficient (Wildman–Crippen LogP) is 2.67. The molecule has 152 valence electrons. The van der Waals surface area contributed by atoms with Crippen molar-refractivity contribution in [3.05, 3.63) is 0 Å². The number of amides is 1. The molecule has 0 spiro atoms. The fraction of sp³-hybridized carbons (Fsp3) is 0.895. The van der Waals surface area contributed by atoms with E-state index in [1.165, 1.54) is 44.9 Å². The van der Waals surface area contributed by atoms with Gasteiger partial charge in [-0.25, -0.2) is 0 Å². The van der Waals surface area contributed by atoms with Crippen molar-refractivity contribution in [1.82, 2.24) is 16.0 Å². The Kier molecular flexibility index (Phi) is 13.1. The zero-order chi connectivity index (χ0) is 17.7. The van der Waals surface area contributed by atoms with Gasteiger partial charge in [-0.15, -0.1) is 24.0 Å². The van der Waals surface area contributed by atoms with E-state index in [0.29, 0.717) is 25.4 Å². The lowest BCUT2D eigenvalue weighted by Crippen LogP contribution is -2.42. The Balaban J connectivity index is 0.00000338. The van der Waals surface area contributed by atoms with Gasteiger partial charge in [-0.2, -0.15) is 0 Å². The fourth-order valence-corrected chi connectivity index (χ4v) is 3.24. The molecule has 26 heavy (non-hydrogen) atoms. The number of halogens is 1. The average molecular weight is 480 g/mol. The van der Waals surface area contributed by atoms with E-state index in [-0.39, 0.29) is 29.9 Å². The molecule has 0 aromatic carbocycles. The van der Waals surface area contributed by atoms with Gasteiger partial charge >= 0.3 is 0 Å². The molecule has 0 aromatic heterocycles. The number of hydrogen-bond donors (Lipinski definition) is 3. The lowest BCUT2D eigenvalue weighted by Gasteiger charge is -2.20. The summed E-state index contributed by atoms with van der Waals surface area (Å²) in [5.74, 6) is 2.39. The maximum absolute atomic E-state index is 12.0. The molecule has 0 saturated heterocycles. The Labute approximate surface area is 175 Å². The lowest BCUT2D eigenvalue weighted by molar-refractivity contribution is -0.122. The van der Waals surface area contributed by atoms with Crippen molar-refractivity contribution in [2.24, 2.45) is 16.8 Å². The molecular weight excluding hydrogens is 443 g/mol. The molecule has 0 atom stereocenters. The molecule has 0 radical (unpaired) electrons. The fourth-order valence-electron chi connectivity index (χ4n) is 3.24. The van der Waals surface area contributed by atoms with Gasteiger partial charge < -0.3 is 20.7 Å². The van der Waals surface area contributed by atoms with E-state index in [0.717, 1.165) is 38.1 Å². The number of aliphatic imine (C=N–C) groups is 1. The molecule has 3 N–H and O–H groups in total. The lowest BCUT2D eigenvalue weighted by atomic mass is 9.87. The minimum absolute atomic E-state index is 0. The highest BCUT2D eigenvalue weighted by molar-refractivity contribution is 14.0. The van der Waals surface area contributed by atoms with Crippen LogP contribution >= 0.6 is 24.0 Å². The molecule has 2 saturated carbocycles. The molecular formula is C19H37IN4O2. The van der Waals surface area contributed by atoms with Crippen LogP contribution in [0.1, 0.15) is 57.8 Å². The van der Waals surface area contributed by atoms with Crippen LogP contribution in [-0.2, 0) is 9.53 Å². The normalized spacial score (nSPS) is 18.1. The molecule has 2 aliphatic rings. The van der Waals surface area contributed by atoms with Gasteiger partial charge in [0.25, 0.3) is 0 Å². The number of nitrogens with zero attached hydrogens (tertiary/aromatic N) is 1. The number of rotatable bonds is 11. The van der Waals surface area contributed by atoms with Crippen molar-refractivity contribution in [3.8, 4) is 0 Å². The van der Waals surface area contributed by atoms with Crippen molar-refractivity contribution in [3.63, 3.8) is 0 Å². The van der Waals surface area contributed by atoms with Gasteiger partial charge in [-0.3, -0.25) is 9.79 Å². The van der Waals surface area contributed by atoms with Gasteiger partial charge in [0.1, 0.15) is 0 Å². The van der Waals surface area contributed by atoms with Crippen LogP contribution in [0.4, 0.5) is 0 Å². The molecule has 0 bridgehead atoms. The summed E-state index contributed by atoms with van der Waals surface area (Å²) in [6, 6.07) is 0. The molecule has 2 rings (SSSR count). The molecule has 1 amide bonds. The van der Waals surface area contributed by atoms with E-state index in [2.05, 4.69) is 20.9 Å². The maximum atomic E-state index is 12.0. The highest BCUT2D eigenvalue weighted by atomic mass is 127. The van der Waals surface area contributed by atoms with Crippen molar-refractivity contribution < 1.29 is 9.53 Å². The Morgan fingerprint density at radius 2 is 1.65 bits per heavy atom. The minimum Gasteiger partial charge on any atom is -0.381 e. The van der Waals surface area contributed by atoms with Crippen LogP contribution in [0.2, 0.25) is 0 Å². The summed E-state index contributed by atoms with van der Waals surface area (Å²) in [7, 11) is 1.76. The quantitative estimate of drug-likeness (QED) is 0.184. The van der Waals surface area contributed by atoms with Gasteiger partial charge in [-0.05, 0) is 43.9 Å². The second-order valence-corrected chi connectivity index (χ2v) is 7.36. The smallest absolute Gasteiger partial charge is 0.220 e. The SMILES string of the molecule is CN=C(NCCCOCC1CC1)NCCNC(=O)CC1CCCCC1.I. The van der Waals surface area contributed by atoms with E-state index in [1.807, 2.05) is 0 Å². The molecule has 0 aliphatic heterocycles. The summed E-state index contributed by atoms with van der Waals surface area (Å²) < 4.78 is 5.61. The van der Waals surface area contributed by atoms with E-state index in [1.54, 1.807) is 7.05 Å². The summed E-state index contributed by atoms with van der Waals surface area (Å²) in [4.78, 5) is 16.1. The summed E-state index contributed by atoms with van der Waals surface area (Å²) >= 11 is 0. The van der Waals surface area contributed by atoms with E-state index >= 15 is 0 Å². The number of guanidine groups is 1. The topological polar surface area (TPSA) is 74.8 Å². The Morgan fingerprint density at radius 3 is 2.35 bits per heavy atom. The monoisotopic (exact) mass is 480 g/mol. The zero-order valence-electron chi connectivity index (χ0n) is 16.2. The summed E-state index contributed by atoms with van der Waals surface area (Å²) in [5.41, 5.74) is 0. The first kappa shape index (κ1) is 23.5. The summed E-state index contributed by atoms with van der Waals surface area (Å²) in [5, 5.41) is 9.51. The highest BCUT2D eigenvalue weighted by Gasteiger charge is 2.20. The Bertz CT molecular complexity index is 410. The largest absolute Gasteiger partial charge is 0.381 e. The Morgan fingerprint density at radius 1 is 0.962 bits per heavy atom. The van der Waals surface area contributed by atoms with Gasteiger partial charge in [0.15, 0.2) is 5.96 Å². The summed E-state index contributed by atoms with van der Waals surface area (Å²) in [6.07, 6.45) is 10.7. The van der Waals surface area contributed by atoms with Gasteiger partial charge in [0, 0.05) is 46.3 Å². The van der Waals surface area contributed by atoms with Crippen LogP contribution in [0.3, 0.4) is 0 Å². The standard InChI is InChI=1S/C19H36N4O2.HI/c1-20-19(22-10-5-13-25-15-17-8-9-17)23-12-11-21-18(24)14-16-6-3-2-4-7-16;/h16-17H,2-15H2,1H3,(H,21,24)(H2,20,22,23);1H. The van der Waals surface area contributed by atoms with Crippen LogP contribution in [0, 0.1) is 11.8 Å². The first-order chi connectivity index (χ1) is 12.3. The van der Waals surface area contributed by atoms with Crippen LogP contribution in [-0.4, -0.2) is 51.8 Å². The first-order valence-electron chi connectivity index (χ1n) is 10.1. The molecule has 2 fully saturated rings. The predicted molar refractivity (Wildman–Crippen MR) is 117 cm³/mol. The third-order valence-electron chi connectivity index (χ3n) is 4.97. The Hall–Kier alpha value is -0.570. The van der Waals surface area contributed by atoms with Crippen molar-refractivity contribution in [2.75, 3.05) is 39.9 Å². The van der Waals surface area contributed by atoms with Gasteiger partial charge in [0.2, 0.25) is 5.91 Å². The zero-order valence-corrected chi connectivity index (χ0v) is 18.6. The van der Waals surface area contributed by atoms with Crippen molar-refractivity contribution in [1.29, 1.82) is 0 Å². The molecule has 2 aliphatic carbocycles. The number of carbonyl (C=O) groups excluding carboxylic acids is 1. The number of carbonyl (C=O) groups is 1. The average Bonchev–Trinajstić information content (AvgIpc) is 3.45. The first-order valence-corrected chi connectivity index (χ1v) is 10.1. The minimum atomic E-state index is 0. The van der Waals surface area contributed by atoms with Crippen LogP contribution in [0.5, 0.6) is 0 Å². The van der Waals surface area contributed by atoms with Crippen LogP contribution < -0.4 is 16.0 Å². The number of ether oxygens (including phenoxy) is 1. The van der Waals surface area contributed by atoms with E-state index in [9.17, 15) is 4.79 Å². The molecule has 0 unspecified atom stereocenters. The van der Waals surface area contributed by atoms with E-state index in [4.69, 9.17) is 4.74 Å². The molecule has 0 aromatic rings. The number of nitrogens with one attached hydrogen (secondary N) is 3.